The number of hydrogen-bond acceptors (Lipinski definition) is 4. The molecule has 2 amide bonds. The van der Waals surface area contributed by atoms with E-state index in [2.05, 4.69) is 15.2 Å². The predicted molar refractivity (Wildman–Crippen MR) is 133 cm³/mol. The van der Waals surface area contributed by atoms with E-state index in [1.54, 1.807) is 21.7 Å². The standard InChI is InChI=1S/C26H26ClF3N4O3/c1-16-13-17(2)34(32-16)15-24(35)33-12-6-5-8-22(33)25(36)31-18-10-11-19(21(27)14-18)20-7-3-4-9-23(20)37-26(28,29)30/h3-4,7,9-11,13-14,22H,5-6,8,12,15H2,1-2H3,(H,31,36). The lowest BCUT2D eigenvalue weighted by molar-refractivity contribution is -0.274. The fourth-order valence-electron chi connectivity index (χ4n) is 4.50. The summed E-state index contributed by atoms with van der Waals surface area (Å²) in [5, 5.41) is 7.27. The molecule has 1 aliphatic rings. The molecule has 37 heavy (non-hydrogen) atoms. The molecule has 1 unspecified atom stereocenters. The molecule has 1 saturated heterocycles. The Morgan fingerprint density at radius 3 is 2.54 bits per heavy atom. The monoisotopic (exact) mass is 534 g/mol. The number of aryl methyl sites for hydroxylation is 2. The molecule has 3 aromatic rings. The van der Waals surface area contributed by atoms with E-state index in [1.165, 1.54) is 30.3 Å². The smallest absolute Gasteiger partial charge is 0.405 e. The van der Waals surface area contributed by atoms with E-state index in [1.807, 2.05) is 19.9 Å². The molecule has 196 valence electrons. The summed E-state index contributed by atoms with van der Waals surface area (Å²) in [6.07, 6.45) is -2.73. The second-order valence-electron chi connectivity index (χ2n) is 8.91. The Labute approximate surface area is 217 Å². The van der Waals surface area contributed by atoms with Crippen LogP contribution in [0.2, 0.25) is 5.02 Å². The van der Waals surface area contributed by atoms with Gasteiger partial charge in [0.15, 0.2) is 0 Å². The molecule has 1 fully saturated rings. The third kappa shape index (κ3) is 6.43. The molecule has 11 heteroatoms. The molecule has 2 heterocycles. The van der Waals surface area contributed by atoms with E-state index >= 15 is 0 Å². The number of para-hydroxylation sites is 1. The van der Waals surface area contributed by atoms with Gasteiger partial charge in [0.1, 0.15) is 18.3 Å². The first kappa shape index (κ1) is 26.5. The predicted octanol–water partition coefficient (Wildman–Crippen LogP) is 5.74. The zero-order chi connectivity index (χ0) is 26.7. The zero-order valence-corrected chi connectivity index (χ0v) is 21.1. The summed E-state index contributed by atoms with van der Waals surface area (Å²) in [6.45, 7) is 4.23. The van der Waals surface area contributed by atoms with Gasteiger partial charge in [0.2, 0.25) is 11.8 Å². The first-order chi connectivity index (χ1) is 17.5. The maximum Gasteiger partial charge on any atom is 0.573 e. The molecule has 0 radical (unpaired) electrons. The van der Waals surface area contributed by atoms with Crippen molar-refractivity contribution in [3.05, 3.63) is 64.9 Å². The van der Waals surface area contributed by atoms with Gasteiger partial charge in [-0.15, -0.1) is 13.2 Å². The number of alkyl halides is 3. The third-order valence-electron chi connectivity index (χ3n) is 6.15. The number of likely N-dealkylation sites (tertiary alicyclic amines) is 1. The Morgan fingerprint density at radius 1 is 1.11 bits per heavy atom. The lowest BCUT2D eigenvalue weighted by Gasteiger charge is -2.34. The van der Waals surface area contributed by atoms with E-state index in [4.69, 9.17) is 11.6 Å². The summed E-state index contributed by atoms with van der Waals surface area (Å²) < 4.78 is 44.2. The summed E-state index contributed by atoms with van der Waals surface area (Å²) >= 11 is 6.40. The molecule has 2 aromatic carbocycles. The van der Waals surface area contributed by atoms with E-state index in [0.29, 0.717) is 24.2 Å². The van der Waals surface area contributed by atoms with Crippen LogP contribution in [-0.2, 0) is 16.1 Å². The molecule has 1 aliphatic heterocycles. The molecule has 7 nitrogen and oxygen atoms in total. The van der Waals surface area contributed by atoms with Gasteiger partial charge in [-0.1, -0.05) is 35.9 Å². The van der Waals surface area contributed by atoms with Gasteiger partial charge in [0.05, 0.1) is 10.7 Å². The third-order valence-corrected chi connectivity index (χ3v) is 6.47. The van der Waals surface area contributed by atoms with E-state index in [-0.39, 0.29) is 34.7 Å². The number of benzene rings is 2. The van der Waals surface area contributed by atoms with Crippen molar-refractivity contribution in [2.45, 2.75) is 52.1 Å². The first-order valence-electron chi connectivity index (χ1n) is 11.8. The Bertz CT molecular complexity index is 1310. The molecule has 4 rings (SSSR count). The maximum atomic E-state index is 13.2. The highest BCUT2D eigenvalue weighted by molar-refractivity contribution is 6.33. The summed E-state index contributed by atoms with van der Waals surface area (Å²) in [7, 11) is 0. The Morgan fingerprint density at radius 2 is 1.86 bits per heavy atom. The van der Waals surface area contributed by atoms with Gasteiger partial charge in [-0.2, -0.15) is 5.10 Å². The Hall–Kier alpha value is -3.53. The normalized spacial score (nSPS) is 15.9. The number of piperidine rings is 1. The van der Waals surface area contributed by atoms with Crippen molar-refractivity contribution >= 4 is 29.1 Å². The van der Waals surface area contributed by atoms with Crippen molar-refractivity contribution in [1.82, 2.24) is 14.7 Å². The highest BCUT2D eigenvalue weighted by Crippen LogP contribution is 2.38. The zero-order valence-electron chi connectivity index (χ0n) is 20.3. The second-order valence-corrected chi connectivity index (χ2v) is 9.32. The molecule has 1 aromatic heterocycles. The van der Waals surface area contributed by atoms with Gasteiger partial charge in [0.25, 0.3) is 0 Å². The summed E-state index contributed by atoms with van der Waals surface area (Å²) in [6, 6.07) is 11.4. The minimum atomic E-state index is -4.85. The number of halogens is 4. The largest absolute Gasteiger partial charge is 0.573 e. The van der Waals surface area contributed by atoms with E-state index < -0.39 is 12.4 Å². The molecule has 0 bridgehead atoms. The molecule has 0 spiro atoms. The van der Waals surface area contributed by atoms with Crippen LogP contribution in [0.4, 0.5) is 18.9 Å². The minimum absolute atomic E-state index is 0.0450. The second kappa shape index (κ2) is 10.8. The number of carbonyl (C=O) groups is 2. The van der Waals surface area contributed by atoms with E-state index in [0.717, 1.165) is 24.2 Å². The van der Waals surface area contributed by atoms with Gasteiger partial charge in [0, 0.05) is 29.1 Å². The molecule has 1 N–H and O–H groups in total. The van der Waals surface area contributed by atoms with Crippen LogP contribution in [0.3, 0.4) is 0 Å². The summed E-state index contributed by atoms with van der Waals surface area (Å²) in [4.78, 5) is 27.8. The van der Waals surface area contributed by atoms with Crippen LogP contribution in [0.25, 0.3) is 11.1 Å². The number of ether oxygens (including phenoxy) is 1. The van der Waals surface area contributed by atoms with Crippen molar-refractivity contribution in [1.29, 1.82) is 0 Å². The fourth-order valence-corrected chi connectivity index (χ4v) is 4.78. The average molecular weight is 535 g/mol. The SMILES string of the molecule is Cc1cc(C)n(CC(=O)N2CCCCC2C(=O)Nc2ccc(-c3ccccc3OC(F)(F)F)c(Cl)c2)n1. The van der Waals surface area contributed by atoms with Gasteiger partial charge in [-0.25, -0.2) is 0 Å². The van der Waals surface area contributed by atoms with Crippen molar-refractivity contribution in [2.24, 2.45) is 0 Å². The number of hydrogen-bond donors (Lipinski definition) is 1. The number of rotatable bonds is 6. The number of anilines is 1. The Balaban J connectivity index is 1.49. The van der Waals surface area contributed by atoms with Crippen molar-refractivity contribution in [3.63, 3.8) is 0 Å². The van der Waals surface area contributed by atoms with E-state index in [9.17, 15) is 22.8 Å². The minimum Gasteiger partial charge on any atom is -0.405 e. The fraction of sp³-hybridized carbons (Fsp3) is 0.346. The van der Waals surface area contributed by atoms with Crippen LogP contribution >= 0.6 is 11.6 Å². The van der Waals surface area contributed by atoms with Gasteiger partial charge < -0.3 is 15.0 Å². The highest BCUT2D eigenvalue weighted by atomic mass is 35.5. The van der Waals surface area contributed by atoms with Gasteiger partial charge in [-0.3, -0.25) is 14.3 Å². The number of nitrogens with zero attached hydrogens (tertiary/aromatic N) is 3. The number of nitrogens with one attached hydrogen (secondary N) is 1. The van der Waals surface area contributed by atoms with Crippen LogP contribution < -0.4 is 10.1 Å². The van der Waals surface area contributed by atoms with Crippen LogP contribution in [0.1, 0.15) is 30.7 Å². The maximum absolute atomic E-state index is 13.2. The quantitative estimate of drug-likeness (QED) is 0.437. The summed E-state index contributed by atoms with van der Waals surface area (Å²) in [5.74, 6) is -0.931. The lowest BCUT2D eigenvalue weighted by Crippen LogP contribution is -2.51. The van der Waals surface area contributed by atoms with Crippen molar-refractivity contribution in [2.75, 3.05) is 11.9 Å². The van der Waals surface area contributed by atoms with Crippen molar-refractivity contribution < 1.29 is 27.5 Å². The molecular formula is C26H26ClF3N4O3. The highest BCUT2D eigenvalue weighted by Gasteiger charge is 2.33. The van der Waals surface area contributed by atoms with Crippen LogP contribution in [0.15, 0.2) is 48.5 Å². The average Bonchev–Trinajstić information content (AvgIpc) is 3.15. The first-order valence-corrected chi connectivity index (χ1v) is 12.2. The lowest BCUT2D eigenvalue weighted by atomic mass is 10.0. The summed E-state index contributed by atoms with van der Waals surface area (Å²) in [5.41, 5.74) is 2.52. The van der Waals surface area contributed by atoms with Crippen LogP contribution in [0.5, 0.6) is 5.75 Å². The number of carbonyl (C=O) groups excluding carboxylic acids is 2. The number of aromatic nitrogens is 2. The molecular weight excluding hydrogens is 509 g/mol. The van der Waals surface area contributed by atoms with Crippen LogP contribution in [-0.4, -0.2) is 45.4 Å². The molecule has 0 aliphatic carbocycles. The molecule has 1 atom stereocenters. The topological polar surface area (TPSA) is 76.5 Å². The van der Waals surface area contributed by atoms with Crippen LogP contribution in [0, 0.1) is 13.8 Å². The van der Waals surface area contributed by atoms with Gasteiger partial charge in [-0.05, 0) is 57.4 Å². The Kier molecular flexibility index (Phi) is 7.77. The number of amides is 2. The van der Waals surface area contributed by atoms with Gasteiger partial charge >= 0.3 is 6.36 Å². The molecule has 0 saturated carbocycles. The van der Waals surface area contributed by atoms with Crippen molar-refractivity contribution in [3.8, 4) is 16.9 Å².